The molecule has 2 saturated heterocycles. The number of amides is 2. The van der Waals surface area contributed by atoms with Gasteiger partial charge in [0.15, 0.2) is 0 Å². The van der Waals surface area contributed by atoms with Crippen molar-refractivity contribution in [2.24, 2.45) is 17.8 Å². The van der Waals surface area contributed by atoms with Gasteiger partial charge in [-0.05, 0) is 30.7 Å². The molecule has 0 N–H and O–H groups in total. The maximum absolute atomic E-state index is 12.8. The van der Waals surface area contributed by atoms with Crippen LogP contribution in [0.1, 0.15) is 37.8 Å². The van der Waals surface area contributed by atoms with E-state index in [4.69, 9.17) is 0 Å². The number of benzene rings is 1. The third kappa shape index (κ3) is 3.80. The van der Waals surface area contributed by atoms with Gasteiger partial charge in [0.25, 0.3) is 0 Å². The van der Waals surface area contributed by atoms with Gasteiger partial charge in [0.1, 0.15) is 0 Å². The Balaban J connectivity index is 1.61. The number of hydrogen-bond acceptors (Lipinski definition) is 2. The molecule has 0 spiro atoms. The average Bonchev–Trinajstić information content (AvgIpc) is 2.89. The van der Waals surface area contributed by atoms with Gasteiger partial charge in [0.05, 0.1) is 5.92 Å². The van der Waals surface area contributed by atoms with Gasteiger partial charge in [0.2, 0.25) is 11.8 Å². The molecule has 0 unspecified atom stereocenters. The molecule has 4 heteroatoms. The average molecular weight is 328 g/mol. The summed E-state index contributed by atoms with van der Waals surface area (Å²) in [6.07, 6.45) is 1.55. The Labute approximate surface area is 144 Å². The lowest BCUT2D eigenvalue weighted by molar-refractivity contribution is -0.138. The number of piperidine rings is 1. The van der Waals surface area contributed by atoms with E-state index in [0.717, 1.165) is 18.7 Å². The molecule has 1 aromatic rings. The fraction of sp³-hybridized carbons (Fsp3) is 0.600. The molecule has 4 nitrogen and oxygen atoms in total. The fourth-order valence-electron chi connectivity index (χ4n) is 4.11. The lowest BCUT2D eigenvalue weighted by atomic mass is 9.91. The molecule has 2 amide bonds. The summed E-state index contributed by atoms with van der Waals surface area (Å²) in [5.41, 5.74) is 2.34. The third-order valence-corrected chi connectivity index (χ3v) is 5.24. The molecule has 2 fully saturated rings. The summed E-state index contributed by atoms with van der Waals surface area (Å²) in [6, 6.07) is 8.25. The topological polar surface area (TPSA) is 40.6 Å². The molecule has 130 valence electrons. The summed E-state index contributed by atoms with van der Waals surface area (Å²) in [5.74, 6) is 1.22. The van der Waals surface area contributed by atoms with Crippen LogP contribution in [0.3, 0.4) is 0 Å². The minimum atomic E-state index is -0.166. The van der Waals surface area contributed by atoms with Gasteiger partial charge in [-0.1, -0.05) is 43.7 Å². The number of hydrogen-bond donors (Lipinski definition) is 0. The van der Waals surface area contributed by atoms with Crippen LogP contribution in [0.15, 0.2) is 24.3 Å². The molecule has 0 aromatic heterocycles. The minimum absolute atomic E-state index is 0.104. The smallest absolute Gasteiger partial charge is 0.228 e. The summed E-state index contributed by atoms with van der Waals surface area (Å²) in [6.45, 7) is 9.32. The van der Waals surface area contributed by atoms with E-state index in [1.54, 1.807) is 0 Å². The zero-order chi connectivity index (χ0) is 17.3. The summed E-state index contributed by atoms with van der Waals surface area (Å²) < 4.78 is 0. The molecule has 0 saturated carbocycles. The first-order valence-corrected chi connectivity index (χ1v) is 9.04. The third-order valence-electron chi connectivity index (χ3n) is 5.24. The second-order valence-corrected chi connectivity index (χ2v) is 7.85. The highest BCUT2D eigenvalue weighted by atomic mass is 16.2. The Morgan fingerprint density at radius 3 is 2.33 bits per heavy atom. The molecular formula is C20H28N2O2. The van der Waals surface area contributed by atoms with E-state index in [2.05, 4.69) is 45.0 Å². The van der Waals surface area contributed by atoms with Crippen LogP contribution < -0.4 is 0 Å². The van der Waals surface area contributed by atoms with Gasteiger partial charge in [-0.25, -0.2) is 0 Å². The molecule has 2 heterocycles. The van der Waals surface area contributed by atoms with Crippen molar-refractivity contribution in [3.63, 3.8) is 0 Å². The number of aryl methyl sites for hydroxylation is 1. The van der Waals surface area contributed by atoms with Crippen molar-refractivity contribution in [1.29, 1.82) is 0 Å². The van der Waals surface area contributed by atoms with Crippen LogP contribution in [0, 0.1) is 24.7 Å². The van der Waals surface area contributed by atoms with Crippen molar-refractivity contribution in [3.05, 3.63) is 35.4 Å². The van der Waals surface area contributed by atoms with Crippen LogP contribution in [-0.4, -0.2) is 41.2 Å². The molecule has 0 aliphatic carbocycles. The SMILES string of the molecule is Cc1ccc(CN2C[C@H](C(=O)N3C[C@H](C)C[C@@H](C)C3)CC2=O)cc1. The molecule has 2 aliphatic heterocycles. The summed E-state index contributed by atoms with van der Waals surface area (Å²) >= 11 is 0. The summed E-state index contributed by atoms with van der Waals surface area (Å²) in [7, 11) is 0. The zero-order valence-corrected chi connectivity index (χ0v) is 15.0. The van der Waals surface area contributed by atoms with Crippen LogP contribution in [-0.2, 0) is 16.1 Å². The van der Waals surface area contributed by atoms with Gasteiger partial charge in [-0.3, -0.25) is 9.59 Å². The lowest BCUT2D eigenvalue weighted by Gasteiger charge is -2.36. The van der Waals surface area contributed by atoms with Crippen LogP contribution in [0.25, 0.3) is 0 Å². The predicted octanol–water partition coefficient (Wildman–Crippen LogP) is 2.85. The molecule has 2 aliphatic rings. The lowest BCUT2D eigenvalue weighted by Crippen LogP contribution is -2.45. The molecule has 0 bridgehead atoms. The highest BCUT2D eigenvalue weighted by Crippen LogP contribution is 2.26. The second-order valence-electron chi connectivity index (χ2n) is 7.85. The molecule has 1 aromatic carbocycles. The van der Waals surface area contributed by atoms with E-state index in [-0.39, 0.29) is 17.7 Å². The molecule has 24 heavy (non-hydrogen) atoms. The van der Waals surface area contributed by atoms with Crippen LogP contribution >= 0.6 is 0 Å². The Morgan fingerprint density at radius 1 is 1.08 bits per heavy atom. The van der Waals surface area contributed by atoms with Crippen LogP contribution in [0.2, 0.25) is 0 Å². The molecule has 3 rings (SSSR count). The predicted molar refractivity (Wildman–Crippen MR) is 94.2 cm³/mol. The Hall–Kier alpha value is -1.84. The second kappa shape index (κ2) is 6.96. The largest absolute Gasteiger partial charge is 0.342 e. The van der Waals surface area contributed by atoms with Crippen molar-refractivity contribution in [3.8, 4) is 0 Å². The number of carbonyl (C=O) groups is 2. The summed E-state index contributed by atoms with van der Waals surface area (Å²) in [4.78, 5) is 29.0. The fourth-order valence-corrected chi connectivity index (χ4v) is 4.11. The number of nitrogens with zero attached hydrogens (tertiary/aromatic N) is 2. The Bertz CT molecular complexity index is 601. The molecular weight excluding hydrogens is 300 g/mol. The summed E-state index contributed by atoms with van der Waals surface area (Å²) in [5, 5.41) is 0. The quantitative estimate of drug-likeness (QED) is 0.856. The monoisotopic (exact) mass is 328 g/mol. The van der Waals surface area contributed by atoms with E-state index < -0.39 is 0 Å². The van der Waals surface area contributed by atoms with E-state index >= 15 is 0 Å². The normalized spacial score (nSPS) is 27.6. The van der Waals surface area contributed by atoms with E-state index in [1.807, 2.05) is 9.80 Å². The highest BCUT2D eigenvalue weighted by Gasteiger charge is 2.38. The van der Waals surface area contributed by atoms with Crippen LogP contribution in [0.4, 0.5) is 0 Å². The van der Waals surface area contributed by atoms with E-state index in [0.29, 0.717) is 31.3 Å². The Kier molecular flexibility index (Phi) is 4.93. The molecule has 3 atom stereocenters. The van der Waals surface area contributed by atoms with Crippen molar-refractivity contribution < 1.29 is 9.59 Å². The van der Waals surface area contributed by atoms with E-state index in [1.165, 1.54) is 12.0 Å². The van der Waals surface area contributed by atoms with Crippen molar-refractivity contribution in [1.82, 2.24) is 9.80 Å². The number of carbonyl (C=O) groups excluding carboxylic acids is 2. The van der Waals surface area contributed by atoms with Crippen molar-refractivity contribution in [2.45, 2.75) is 40.2 Å². The van der Waals surface area contributed by atoms with E-state index in [9.17, 15) is 9.59 Å². The number of rotatable bonds is 3. The minimum Gasteiger partial charge on any atom is -0.342 e. The maximum Gasteiger partial charge on any atom is 0.228 e. The first-order chi connectivity index (χ1) is 11.4. The standard InChI is InChI=1S/C20H28N2O2/c1-14-4-6-17(7-5-14)12-21-13-18(9-19(21)23)20(24)22-10-15(2)8-16(3)11-22/h4-7,15-16,18H,8-13H2,1-3H3/t15-,16-,18-/m1/s1. The van der Waals surface area contributed by atoms with Gasteiger partial charge in [-0.2, -0.15) is 0 Å². The van der Waals surface area contributed by atoms with Gasteiger partial charge < -0.3 is 9.80 Å². The first-order valence-electron chi connectivity index (χ1n) is 9.04. The zero-order valence-electron chi connectivity index (χ0n) is 15.0. The highest BCUT2D eigenvalue weighted by molar-refractivity contribution is 5.89. The first kappa shape index (κ1) is 17.0. The van der Waals surface area contributed by atoms with Gasteiger partial charge in [0, 0.05) is 32.6 Å². The van der Waals surface area contributed by atoms with Crippen molar-refractivity contribution >= 4 is 11.8 Å². The van der Waals surface area contributed by atoms with Crippen molar-refractivity contribution in [2.75, 3.05) is 19.6 Å². The Morgan fingerprint density at radius 2 is 1.71 bits per heavy atom. The maximum atomic E-state index is 12.8. The molecule has 0 radical (unpaired) electrons. The van der Waals surface area contributed by atoms with Gasteiger partial charge >= 0.3 is 0 Å². The number of likely N-dealkylation sites (tertiary alicyclic amines) is 2. The van der Waals surface area contributed by atoms with Crippen LogP contribution in [0.5, 0.6) is 0 Å². The van der Waals surface area contributed by atoms with Gasteiger partial charge in [-0.15, -0.1) is 0 Å².